The third-order valence-corrected chi connectivity index (χ3v) is 6.54. The van der Waals surface area contributed by atoms with Crippen molar-refractivity contribution >= 4 is 23.4 Å². The molecular formula is C24H28N4O4S. The minimum atomic E-state index is -0.382. The summed E-state index contributed by atoms with van der Waals surface area (Å²) in [4.78, 5) is 12.9. The zero-order valence-corrected chi connectivity index (χ0v) is 19.8. The first kappa shape index (κ1) is 23.1. The molecule has 1 amide bonds. The standard InChI is InChI=1S/C24H28N4O4S/c1-16(23(29)25-18-6-4-7-20(14-18)31-3)33-24-27-26-22(17-9-11-19(30-2)12-10-17)28(24)15-21-8-5-13-32-21/h4,6-7,9-12,14,16,21H,5,8,13,15H2,1-3H3,(H,25,29). The van der Waals surface area contributed by atoms with Gasteiger partial charge >= 0.3 is 0 Å². The Labute approximate surface area is 197 Å². The molecule has 0 bridgehead atoms. The maximum Gasteiger partial charge on any atom is 0.237 e. The molecule has 2 unspecified atom stereocenters. The number of methoxy groups -OCH3 is 2. The number of amides is 1. The van der Waals surface area contributed by atoms with E-state index in [9.17, 15) is 4.79 Å². The molecule has 1 fully saturated rings. The number of thioether (sulfide) groups is 1. The number of carbonyl (C=O) groups is 1. The Balaban J connectivity index is 1.53. The average Bonchev–Trinajstić information content (AvgIpc) is 3.50. The zero-order valence-electron chi connectivity index (χ0n) is 19.0. The van der Waals surface area contributed by atoms with Gasteiger partial charge in [-0.05, 0) is 56.2 Å². The second kappa shape index (κ2) is 10.7. The molecule has 33 heavy (non-hydrogen) atoms. The highest BCUT2D eigenvalue weighted by Crippen LogP contribution is 2.30. The second-order valence-corrected chi connectivity index (χ2v) is 9.07. The smallest absolute Gasteiger partial charge is 0.237 e. The Morgan fingerprint density at radius 3 is 2.67 bits per heavy atom. The van der Waals surface area contributed by atoms with Crippen LogP contribution >= 0.6 is 11.8 Å². The van der Waals surface area contributed by atoms with Gasteiger partial charge in [-0.2, -0.15) is 0 Å². The van der Waals surface area contributed by atoms with Crippen molar-refractivity contribution in [2.75, 3.05) is 26.1 Å². The van der Waals surface area contributed by atoms with E-state index in [1.165, 1.54) is 11.8 Å². The third-order valence-electron chi connectivity index (χ3n) is 5.46. The first-order chi connectivity index (χ1) is 16.1. The lowest BCUT2D eigenvalue weighted by atomic mass is 10.2. The normalized spacial score (nSPS) is 16.4. The van der Waals surface area contributed by atoms with Crippen molar-refractivity contribution in [3.8, 4) is 22.9 Å². The van der Waals surface area contributed by atoms with E-state index in [-0.39, 0.29) is 17.3 Å². The molecule has 2 atom stereocenters. The van der Waals surface area contributed by atoms with Gasteiger partial charge in [-0.3, -0.25) is 9.36 Å². The van der Waals surface area contributed by atoms with Gasteiger partial charge in [0.05, 0.1) is 32.1 Å². The summed E-state index contributed by atoms with van der Waals surface area (Å²) in [6.45, 7) is 3.27. The molecule has 3 aromatic rings. The third kappa shape index (κ3) is 5.66. The van der Waals surface area contributed by atoms with E-state index in [0.29, 0.717) is 23.1 Å². The van der Waals surface area contributed by atoms with Crippen LogP contribution in [-0.2, 0) is 16.1 Å². The largest absolute Gasteiger partial charge is 0.497 e. The fraction of sp³-hybridized carbons (Fsp3) is 0.375. The van der Waals surface area contributed by atoms with Crippen molar-refractivity contribution in [3.05, 3.63) is 48.5 Å². The van der Waals surface area contributed by atoms with Crippen LogP contribution in [0.1, 0.15) is 19.8 Å². The fourth-order valence-corrected chi connectivity index (χ4v) is 4.50. The second-order valence-electron chi connectivity index (χ2n) is 7.76. The fourth-order valence-electron chi connectivity index (χ4n) is 3.64. The molecule has 0 aliphatic carbocycles. The van der Waals surface area contributed by atoms with Crippen molar-refractivity contribution < 1.29 is 19.0 Å². The number of nitrogens with zero attached hydrogens (tertiary/aromatic N) is 3. The molecule has 1 N–H and O–H groups in total. The molecule has 1 aromatic heterocycles. The summed E-state index contributed by atoms with van der Waals surface area (Å²) >= 11 is 1.38. The minimum Gasteiger partial charge on any atom is -0.497 e. The molecule has 0 spiro atoms. The summed E-state index contributed by atoms with van der Waals surface area (Å²) in [7, 11) is 3.24. The van der Waals surface area contributed by atoms with Crippen molar-refractivity contribution in [2.45, 2.75) is 42.8 Å². The van der Waals surface area contributed by atoms with E-state index in [1.807, 2.05) is 49.4 Å². The van der Waals surface area contributed by atoms with Crippen LogP contribution in [0.5, 0.6) is 11.5 Å². The SMILES string of the molecule is COc1ccc(-c2nnc(SC(C)C(=O)Nc3cccc(OC)c3)n2CC2CCCO2)cc1. The van der Waals surface area contributed by atoms with E-state index >= 15 is 0 Å². The number of carbonyl (C=O) groups excluding carboxylic acids is 1. The van der Waals surface area contributed by atoms with E-state index < -0.39 is 0 Å². The van der Waals surface area contributed by atoms with Gasteiger partial charge in [0.25, 0.3) is 0 Å². The van der Waals surface area contributed by atoms with Crippen LogP contribution in [0, 0.1) is 0 Å². The highest BCUT2D eigenvalue weighted by molar-refractivity contribution is 8.00. The monoisotopic (exact) mass is 468 g/mol. The van der Waals surface area contributed by atoms with Crippen molar-refractivity contribution in [3.63, 3.8) is 0 Å². The molecule has 1 saturated heterocycles. The van der Waals surface area contributed by atoms with Gasteiger partial charge in [-0.1, -0.05) is 17.8 Å². The molecule has 8 nitrogen and oxygen atoms in total. The molecule has 9 heteroatoms. The Bertz CT molecular complexity index is 1080. The molecule has 174 valence electrons. The summed E-state index contributed by atoms with van der Waals surface area (Å²) < 4.78 is 18.4. The number of hydrogen-bond donors (Lipinski definition) is 1. The lowest BCUT2D eigenvalue weighted by Crippen LogP contribution is -2.23. The maximum atomic E-state index is 12.9. The van der Waals surface area contributed by atoms with Gasteiger partial charge in [0.1, 0.15) is 11.5 Å². The summed E-state index contributed by atoms with van der Waals surface area (Å²) in [5, 5.41) is 12.1. The lowest BCUT2D eigenvalue weighted by molar-refractivity contribution is -0.115. The first-order valence-electron chi connectivity index (χ1n) is 10.9. The maximum absolute atomic E-state index is 12.9. The average molecular weight is 469 g/mol. The quantitative estimate of drug-likeness (QED) is 0.470. The van der Waals surface area contributed by atoms with Crippen LogP contribution in [0.25, 0.3) is 11.4 Å². The summed E-state index contributed by atoms with van der Waals surface area (Å²) in [5.74, 6) is 2.09. The Hall–Kier alpha value is -3.04. The van der Waals surface area contributed by atoms with Crippen LogP contribution in [0.3, 0.4) is 0 Å². The van der Waals surface area contributed by atoms with Crippen molar-refractivity contribution in [1.82, 2.24) is 14.8 Å². The molecule has 1 aliphatic heterocycles. The van der Waals surface area contributed by atoms with E-state index in [2.05, 4.69) is 20.1 Å². The molecule has 2 heterocycles. The minimum absolute atomic E-state index is 0.110. The summed E-state index contributed by atoms with van der Waals surface area (Å²) in [5.41, 5.74) is 1.62. The molecule has 2 aromatic carbocycles. The molecule has 0 radical (unpaired) electrons. The summed E-state index contributed by atoms with van der Waals surface area (Å²) in [6.07, 6.45) is 2.15. The molecular weight excluding hydrogens is 440 g/mol. The molecule has 0 saturated carbocycles. The van der Waals surface area contributed by atoms with Gasteiger partial charge in [0.15, 0.2) is 11.0 Å². The predicted octanol–water partition coefficient (Wildman–Crippen LogP) is 4.26. The predicted molar refractivity (Wildman–Crippen MR) is 128 cm³/mol. The number of ether oxygens (including phenoxy) is 3. The number of hydrogen-bond acceptors (Lipinski definition) is 7. The van der Waals surface area contributed by atoms with E-state index in [4.69, 9.17) is 14.2 Å². The highest BCUT2D eigenvalue weighted by Gasteiger charge is 2.24. The molecule has 1 aliphatic rings. The number of aromatic nitrogens is 3. The van der Waals surface area contributed by atoms with Gasteiger partial charge in [-0.25, -0.2) is 0 Å². The topological polar surface area (TPSA) is 87.5 Å². The first-order valence-corrected chi connectivity index (χ1v) is 11.8. The number of nitrogens with one attached hydrogen (secondary N) is 1. The van der Waals surface area contributed by atoms with Crippen molar-refractivity contribution in [1.29, 1.82) is 0 Å². The Kier molecular flexibility index (Phi) is 7.51. The van der Waals surface area contributed by atoms with Gasteiger partial charge in [-0.15, -0.1) is 10.2 Å². The lowest BCUT2D eigenvalue weighted by Gasteiger charge is -2.17. The van der Waals surface area contributed by atoms with Gasteiger partial charge < -0.3 is 19.5 Å². The van der Waals surface area contributed by atoms with Crippen LogP contribution in [0.4, 0.5) is 5.69 Å². The molecule has 4 rings (SSSR count). The number of rotatable bonds is 9. The van der Waals surface area contributed by atoms with E-state index in [1.54, 1.807) is 20.3 Å². The number of anilines is 1. The highest BCUT2D eigenvalue weighted by atomic mass is 32.2. The van der Waals surface area contributed by atoms with Crippen molar-refractivity contribution in [2.24, 2.45) is 0 Å². The van der Waals surface area contributed by atoms with Gasteiger partial charge in [0, 0.05) is 23.9 Å². The van der Waals surface area contributed by atoms with Crippen LogP contribution in [0.15, 0.2) is 53.7 Å². The summed E-state index contributed by atoms with van der Waals surface area (Å²) in [6, 6.07) is 15.0. The number of benzene rings is 2. The Morgan fingerprint density at radius 1 is 1.18 bits per heavy atom. The van der Waals surface area contributed by atoms with Gasteiger partial charge in [0.2, 0.25) is 5.91 Å². The Morgan fingerprint density at radius 2 is 1.97 bits per heavy atom. The zero-order chi connectivity index (χ0) is 23.2. The van der Waals surface area contributed by atoms with Crippen LogP contribution in [-0.4, -0.2) is 52.9 Å². The van der Waals surface area contributed by atoms with Crippen LogP contribution in [0.2, 0.25) is 0 Å². The van der Waals surface area contributed by atoms with E-state index in [0.717, 1.165) is 36.6 Å². The van der Waals surface area contributed by atoms with Crippen LogP contribution < -0.4 is 14.8 Å².